The lowest BCUT2D eigenvalue weighted by Gasteiger charge is -2.18. The monoisotopic (exact) mass is 274 g/mol. The first-order valence-electron chi connectivity index (χ1n) is 6.39. The van der Waals surface area contributed by atoms with E-state index in [0.717, 1.165) is 11.3 Å². The molecular weight excluding hydrogens is 256 g/mol. The van der Waals surface area contributed by atoms with E-state index in [9.17, 15) is 4.79 Å². The fourth-order valence-corrected chi connectivity index (χ4v) is 1.87. The second-order valence-electron chi connectivity index (χ2n) is 4.58. The van der Waals surface area contributed by atoms with E-state index in [2.05, 4.69) is 5.32 Å². The van der Waals surface area contributed by atoms with Crippen LogP contribution in [0.5, 0.6) is 0 Å². The van der Waals surface area contributed by atoms with Crippen LogP contribution in [-0.2, 0) is 0 Å². The first-order chi connectivity index (χ1) is 9.61. The van der Waals surface area contributed by atoms with E-state index in [1.165, 1.54) is 6.26 Å². The molecule has 5 nitrogen and oxygen atoms in total. The van der Waals surface area contributed by atoms with Gasteiger partial charge in [-0.15, -0.1) is 0 Å². The van der Waals surface area contributed by atoms with Crippen LogP contribution in [0.4, 0.5) is 11.4 Å². The molecule has 1 aromatic carbocycles. The van der Waals surface area contributed by atoms with Gasteiger partial charge < -0.3 is 19.7 Å². The number of aryl methyl sites for hydroxylation is 1. The van der Waals surface area contributed by atoms with Crippen LogP contribution in [0.2, 0.25) is 0 Å². The first-order valence-corrected chi connectivity index (χ1v) is 6.39. The van der Waals surface area contributed by atoms with E-state index in [-0.39, 0.29) is 12.5 Å². The number of carbonyl (C=O) groups is 1. The lowest BCUT2D eigenvalue weighted by atomic mass is 10.2. The average Bonchev–Trinajstić information content (AvgIpc) is 2.86. The van der Waals surface area contributed by atoms with Crippen LogP contribution in [0, 0.1) is 6.92 Å². The maximum absolute atomic E-state index is 12.0. The van der Waals surface area contributed by atoms with Crippen molar-refractivity contribution in [2.24, 2.45) is 0 Å². The van der Waals surface area contributed by atoms with Crippen molar-refractivity contribution in [2.75, 3.05) is 30.4 Å². The number of aliphatic hydroxyl groups excluding tert-OH is 1. The number of hydrogen-bond acceptors (Lipinski definition) is 4. The van der Waals surface area contributed by atoms with Crippen LogP contribution in [0.15, 0.2) is 41.0 Å². The summed E-state index contributed by atoms with van der Waals surface area (Å²) in [5, 5.41) is 11.7. The summed E-state index contributed by atoms with van der Waals surface area (Å²) in [6.45, 7) is 2.50. The molecule has 0 aliphatic rings. The summed E-state index contributed by atoms with van der Waals surface area (Å²) in [4.78, 5) is 13.9. The smallest absolute Gasteiger partial charge is 0.291 e. The molecule has 0 saturated carbocycles. The highest BCUT2D eigenvalue weighted by Gasteiger charge is 2.12. The normalized spacial score (nSPS) is 10.3. The van der Waals surface area contributed by atoms with Gasteiger partial charge in [0.2, 0.25) is 0 Å². The molecule has 0 aliphatic heterocycles. The van der Waals surface area contributed by atoms with Gasteiger partial charge in [-0.05, 0) is 37.3 Å². The predicted octanol–water partition coefficient (Wildman–Crippen LogP) is 2.27. The van der Waals surface area contributed by atoms with Gasteiger partial charge in [0, 0.05) is 30.5 Å². The topological polar surface area (TPSA) is 65.7 Å². The molecule has 5 heteroatoms. The van der Waals surface area contributed by atoms with Crippen LogP contribution >= 0.6 is 0 Å². The van der Waals surface area contributed by atoms with E-state index >= 15 is 0 Å². The summed E-state index contributed by atoms with van der Waals surface area (Å²) >= 11 is 0. The minimum Gasteiger partial charge on any atom is -0.459 e. The minimum absolute atomic E-state index is 0.104. The molecule has 0 bridgehead atoms. The molecule has 0 fully saturated rings. The third kappa shape index (κ3) is 3.19. The van der Waals surface area contributed by atoms with Crippen molar-refractivity contribution in [1.82, 2.24) is 0 Å². The number of carbonyl (C=O) groups excluding carboxylic acids is 1. The Morgan fingerprint density at radius 1 is 1.30 bits per heavy atom. The molecule has 20 heavy (non-hydrogen) atoms. The third-order valence-corrected chi connectivity index (χ3v) is 3.07. The van der Waals surface area contributed by atoms with Crippen LogP contribution in [0.25, 0.3) is 0 Å². The summed E-state index contributed by atoms with van der Waals surface area (Å²) in [6.07, 6.45) is 1.50. The quantitative estimate of drug-likeness (QED) is 0.877. The highest BCUT2D eigenvalue weighted by molar-refractivity contribution is 6.03. The summed E-state index contributed by atoms with van der Waals surface area (Å²) in [5.74, 6) is 0.0652. The molecule has 0 unspecified atom stereocenters. The molecule has 0 radical (unpaired) electrons. The van der Waals surface area contributed by atoms with E-state index in [0.29, 0.717) is 18.0 Å². The van der Waals surface area contributed by atoms with Gasteiger partial charge in [0.15, 0.2) is 5.76 Å². The second kappa shape index (κ2) is 6.25. The molecule has 0 spiro atoms. The van der Waals surface area contributed by atoms with Gasteiger partial charge in [-0.2, -0.15) is 0 Å². The zero-order chi connectivity index (χ0) is 14.5. The Morgan fingerprint density at radius 2 is 2.00 bits per heavy atom. The summed E-state index contributed by atoms with van der Waals surface area (Å²) in [6, 6.07) is 9.17. The Bertz CT molecular complexity index is 575. The Morgan fingerprint density at radius 3 is 2.55 bits per heavy atom. The highest BCUT2D eigenvalue weighted by atomic mass is 16.3. The van der Waals surface area contributed by atoms with Gasteiger partial charge in [0.1, 0.15) is 0 Å². The number of aliphatic hydroxyl groups is 1. The molecule has 2 rings (SSSR count). The number of hydrogen-bond donors (Lipinski definition) is 2. The van der Waals surface area contributed by atoms with Crippen molar-refractivity contribution >= 4 is 17.3 Å². The zero-order valence-corrected chi connectivity index (χ0v) is 11.6. The second-order valence-corrected chi connectivity index (χ2v) is 4.58. The maximum Gasteiger partial charge on any atom is 0.291 e. The molecule has 0 atom stereocenters. The molecule has 0 saturated heterocycles. The van der Waals surface area contributed by atoms with Crippen molar-refractivity contribution < 1.29 is 14.3 Å². The van der Waals surface area contributed by atoms with E-state index in [1.807, 2.05) is 43.1 Å². The predicted molar refractivity (Wildman–Crippen MR) is 78.2 cm³/mol. The average molecular weight is 274 g/mol. The summed E-state index contributed by atoms with van der Waals surface area (Å²) < 4.78 is 5.14. The van der Waals surface area contributed by atoms with Crippen LogP contribution in [0.1, 0.15) is 16.1 Å². The van der Waals surface area contributed by atoms with Gasteiger partial charge in [-0.25, -0.2) is 0 Å². The van der Waals surface area contributed by atoms with Crippen LogP contribution in [0.3, 0.4) is 0 Å². The van der Waals surface area contributed by atoms with Crippen molar-refractivity contribution in [2.45, 2.75) is 6.92 Å². The Balaban J connectivity index is 2.04. The molecule has 0 aliphatic carbocycles. The van der Waals surface area contributed by atoms with Crippen molar-refractivity contribution in [3.63, 3.8) is 0 Å². The van der Waals surface area contributed by atoms with Crippen molar-refractivity contribution in [1.29, 1.82) is 0 Å². The molecule has 106 valence electrons. The van der Waals surface area contributed by atoms with Crippen LogP contribution < -0.4 is 10.2 Å². The summed E-state index contributed by atoms with van der Waals surface area (Å²) in [5.41, 5.74) is 2.49. The van der Waals surface area contributed by atoms with E-state index in [4.69, 9.17) is 9.52 Å². The third-order valence-electron chi connectivity index (χ3n) is 3.07. The number of furan rings is 1. The van der Waals surface area contributed by atoms with Crippen LogP contribution in [-0.4, -0.2) is 31.2 Å². The van der Waals surface area contributed by atoms with E-state index < -0.39 is 0 Å². The van der Waals surface area contributed by atoms with Gasteiger partial charge >= 0.3 is 0 Å². The molecule has 1 heterocycles. The number of nitrogens with one attached hydrogen (secondary N) is 1. The minimum atomic E-state index is -0.260. The van der Waals surface area contributed by atoms with Crippen molar-refractivity contribution in [3.05, 3.63) is 47.9 Å². The maximum atomic E-state index is 12.0. The number of rotatable bonds is 5. The fourth-order valence-electron chi connectivity index (χ4n) is 1.87. The molecule has 2 N–H and O–H groups in total. The molecule has 1 amide bonds. The first kappa shape index (κ1) is 14.1. The fraction of sp³-hybridized carbons (Fsp3) is 0.267. The van der Waals surface area contributed by atoms with E-state index in [1.54, 1.807) is 6.07 Å². The van der Waals surface area contributed by atoms with Gasteiger partial charge in [-0.1, -0.05) is 0 Å². The van der Waals surface area contributed by atoms with Crippen molar-refractivity contribution in [3.8, 4) is 0 Å². The number of anilines is 2. The SMILES string of the molecule is Cc1ccoc1C(=O)Nc1ccc(N(C)CCO)cc1. The number of benzene rings is 1. The van der Waals surface area contributed by atoms with Gasteiger partial charge in [0.05, 0.1) is 12.9 Å². The highest BCUT2D eigenvalue weighted by Crippen LogP contribution is 2.18. The molecule has 1 aromatic heterocycles. The Hall–Kier alpha value is -2.27. The van der Waals surface area contributed by atoms with Gasteiger partial charge in [0.25, 0.3) is 5.91 Å². The lowest BCUT2D eigenvalue weighted by Crippen LogP contribution is -2.21. The largest absolute Gasteiger partial charge is 0.459 e. The summed E-state index contributed by atoms with van der Waals surface area (Å²) in [7, 11) is 1.90. The standard InChI is InChI=1S/C15H18N2O3/c1-11-7-10-20-14(11)15(19)16-12-3-5-13(6-4-12)17(2)8-9-18/h3-7,10,18H,8-9H2,1-2H3,(H,16,19). The Labute approximate surface area is 117 Å². The zero-order valence-electron chi connectivity index (χ0n) is 11.6. The Kier molecular flexibility index (Phi) is 4.42. The van der Waals surface area contributed by atoms with Gasteiger partial charge in [-0.3, -0.25) is 4.79 Å². The number of amides is 1. The lowest BCUT2D eigenvalue weighted by molar-refractivity contribution is 0.0996. The number of likely N-dealkylation sites (N-methyl/N-ethyl adjacent to an activating group) is 1. The molecular formula is C15H18N2O3. The molecule has 2 aromatic rings. The number of nitrogens with zero attached hydrogens (tertiary/aromatic N) is 1.